The van der Waals surface area contributed by atoms with Gasteiger partial charge >= 0.3 is 13.8 Å². The fourth-order valence-electron chi connectivity index (χ4n) is 4.46. The molecular formula is C26H34N7O6P. The van der Waals surface area contributed by atoms with Gasteiger partial charge in [0, 0.05) is 12.0 Å². The second kappa shape index (κ2) is 11.5. The van der Waals surface area contributed by atoms with Gasteiger partial charge in [0.2, 0.25) is 5.95 Å². The molecule has 0 bridgehead atoms. The number of nitrogen functional groups attached to an aromatic ring is 1. The van der Waals surface area contributed by atoms with E-state index in [0.29, 0.717) is 35.1 Å². The van der Waals surface area contributed by atoms with Gasteiger partial charge in [0.15, 0.2) is 23.0 Å². The summed E-state index contributed by atoms with van der Waals surface area (Å²) in [5, 5.41) is 4.70. The van der Waals surface area contributed by atoms with Crippen LogP contribution in [0.15, 0.2) is 48.8 Å². The summed E-state index contributed by atoms with van der Waals surface area (Å²) in [5.41, 5.74) is 7.80. The molecule has 2 aliphatic rings. The minimum absolute atomic E-state index is 0.116. The number of imidazole rings is 1. The molecule has 1 fully saturated rings. The standard InChI is InChI=1S/C26H34N7O6P/c1-16(2)38-33(20-7-5-4-6-8-20)17(3)25(34)39-40(35,36)37-14-18-9-12-21(13-18)32-15-28-22-23(29-19-10-11-19)30-26(27)31-24(22)32/h4-9,12,15-19,21H,10-11,13-14H2,1-3H3,(H,35,36)(H3,27,29,30,31)/t17-,18+,21-/m0/s1. The van der Waals surface area contributed by atoms with Crippen LogP contribution in [0, 0.1) is 5.92 Å². The van der Waals surface area contributed by atoms with Gasteiger partial charge in [-0.15, -0.1) is 0 Å². The Hall–Kier alpha value is -3.51. The highest BCUT2D eigenvalue weighted by Gasteiger charge is 2.34. The SMILES string of the molecule is CC(C)ON(c1ccccc1)[C@@H](C)C(=O)OP(=O)(O)OC[C@@H]1C=C[C@H](n2cnc3c(NC4CC4)nc(N)nc32)C1. The van der Waals surface area contributed by atoms with E-state index in [0.717, 1.165) is 12.8 Å². The monoisotopic (exact) mass is 571 g/mol. The summed E-state index contributed by atoms with van der Waals surface area (Å²) in [6, 6.07) is 8.21. The molecule has 2 aromatic heterocycles. The Balaban J connectivity index is 1.18. The molecule has 13 nitrogen and oxygen atoms in total. The van der Waals surface area contributed by atoms with E-state index < -0.39 is 19.8 Å². The zero-order valence-electron chi connectivity index (χ0n) is 22.6. The molecule has 0 saturated heterocycles. The maximum atomic E-state index is 12.8. The summed E-state index contributed by atoms with van der Waals surface area (Å²) < 4.78 is 24.7. The van der Waals surface area contributed by atoms with Crippen LogP contribution in [0.1, 0.15) is 46.1 Å². The number of rotatable bonds is 12. The number of carbonyl (C=O) groups excluding carboxylic acids is 1. The molecule has 214 valence electrons. The average Bonchev–Trinajstić information content (AvgIpc) is 3.42. The predicted octanol–water partition coefficient (Wildman–Crippen LogP) is 4.00. The molecular weight excluding hydrogens is 537 g/mol. The number of benzene rings is 1. The van der Waals surface area contributed by atoms with Gasteiger partial charge < -0.3 is 20.1 Å². The second-order valence-electron chi connectivity index (χ2n) is 10.3. The molecule has 3 aromatic rings. The molecule has 0 aliphatic heterocycles. The van der Waals surface area contributed by atoms with Crippen LogP contribution < -0.4 is 16.1 Å². The van der Waals surface area contributed by atoms with Crippen LogP contribution in [0.5, 0.6) is 0 Å². The van der Waals surface area contributed by atoms with Crippen LogP contribution in [0.4, 0.5) is 17.5 Å². The Morgan fingerprint density at radius 2 is 1.98 bits per heavy atom. The lowest BCUT2D eigenvalue weighted by Crippen LogP contribution is -2.41. The number of nitrogens with zero attached hydrogens (tertiary/aromatic N) is 5. The molecule has 2 aliphatic carbocycles. The third kappa shape index (κ3) is 6.61. The Kier molecular flexibility index (Phi) is 8.09. The zero-order valence-corrected chi connectivity index (χ0v) is 23.5. The van der Waals surface area contributed by atoms with Crippen molar-refractivity contribution in [3.8, 4) is 0 Å². The number of hydroxylamine groups is 1. The fourth-order valence-corrected chi connectivity index (χ4v) is 5.27. The number of aromatic nitrogens is 4. The van der Waals surface area contributed by atoms with Gasteiger partial charge in [-0.25, -0.2) is 19.4 Å². The lowest BCUT2D eigenvalue weighted by atomic mass is 10.1. The minimum atomic E-state index is -4.69. The first-order chi connectivity index (χ1) is 19.1. The fraction of sp³-hybridized carbons (Fsp3) is 0.462. The first-order valence-corrected chi connectivity index (χ1v) is 14.8. The van der Waals surface area contributed by atoms with Gasteiger partial charge in [-0.2, -0.15) is 9.97 Å². The average molecular weight is 572 g/mol. The van der Waals surface area contributed by atoms with Gasteiger partial charge in [0.1, 0.15) is 0 Å². The van der Waals surface area contributed by atoms with Crippen LogP contribution >= 0.6 is 7.82 Å². The normalized spacial score (nSPS) is 20.9. The van der Waals surface area contributed by atoms with Crippen molar-refractivity contribution in [1.82, 2.24) is 19.5 Å². The lowest BCUT2D eigenvalue weighted by molar-refractivity contribution is -0.139. The van der Waals surface area contributed by atoms with Crippen molar-refractivity contribution in [2.24, 2.45) is 5.92 Å². The molecule has 1 saturated carbocycles. The number of anilines is 3. The zero-order chi connectivity index (χ0) is 28.4. The Morgan fingerprint density at radius 1 is 1.23 bits per heavy atom. The number of nitrogens with one attached hydrogen (secondary N) is 1. The van der Waals surface area contributed by atoms with E-state index in [9.17, 15) is 14.3 Å². The van der Waals surface area contributed by atoms with E-state index >= 15 is 0 Å². The van der Waals surface area contributed by atoms with Crippen LogP contribution in [0.25, 0.3) is 11.2 Å². The Morgan fingerprint density at radius 3 is 2.67 bits per heavy atom. The van der Waals surface area contributed by atoms with Crippen LogP contribution in [0.3, 0.4) is 0 Å². The maximum absolute atomic E-state index is 12.8. The molecule has 14 heteroatoms. The molecule has 0 amide bonds. The Bertz CT molecular complexity index is 1430. The van der Waals surface area contributed by atoms with E-state index in [1.165, 1.54) is 12.0 Å². The highest BCUT2D eigenvalue weighted by atomic mass is 31.2. The highest BCUT2D eigenvalue weighted by molar-refractivity contribution is 7.48. The number of hydrogen-bond acceptors (Lipinski definition) is 11. The topological polar surface area (TPSA) is 167 Å². The molecule has 1 unspecified atom stereocenters. The smallest absolute Gasteiger partial charge is 0.369 e. The number of carbonyl (C=O) groups is 1. The maximum Gasteiger partial charge on any atom is 0.529 e. The van der Waals surface area contributed by atoms with E-state index in [1.54, 1.807) is 30.6 Å². The number of para-hydroxylation sites is 1. The minimum Gasteiger partial charge on any atom is -0.369 e. The summed E-state index contributed by atoms with van der Waals surface area (Å²) >= 11 is 0. The first kappa shape index (κ1) is 28.0. The third-order valence-corrected chi connectivity index (χ3v) is 7.43. The predicted molar refractivity (Wildman–Crippen MR) is 149 cm³/mol. The molecule has 0 radical (unpaired) electrons. The lowest BCUT2D eigenvalue weighted by Gasteiger charge is -2.30. The molecule has 1 aromatic carbocycles. The number of nitrogens with two attached hydrogens (primary N) is 1. The quantitative estimate of drug-likeness (QED) is 0.163. The third-order valence-electron chi connectivity index (χ3n) is 6.55. The van der Waals surface area contributed by atoms with Crippen molar-refractivity contribution in [3.05, 3.63) is 48.8 Å². The highest BCUT2D eigenvalue weighted by Crippen LogP contribution is 2.45. The van der Waals surface area contributed by atoms with E-state index in [2.05, 4.69) is 20.3 Å². The number of fused-ring (bicyclic) bond motifs is 1. The summed E-state index contributed by atoms with van der Waals surface area (Å²) in [4.78, 5) is 42.1. The Labute approximate surface area is 231 Å². The van der Waals surface area contributed by atoms with Crippen molar-refractivity contribution in [3.63, 3.8) is 0 Å². The van der Waals surface area contributed by atoms with Crippen molar-refractivity contribution >= 4 is 42.4 Å². The summed E-state index contributed by atoms with van der Waals surface area (Å²) in [6.45, 7) is 5.04. The van der Waals surface area contributed by atoms with E-state index in [4.69, 9.17) is 19.6 Å². The van der Waals surface area contributed by atoms with Crippen molar-refractivity contribution in [2.75, 3.05) is 22.7 Å². The molecule has 4 atom stereocenters. The largest absolute Gasteiger partial charge is 0.529 e. The van der Waals surface area contributed by atoms with Gasteiger partial charge in [-0.05, 0) is 52.2 Å². The number of hydrogen-bond donors (Lipinski definition) is 3. The number of allylic oxidation sites excluding steroid dienone is 1. The van der Waals surface area contributed by atoms with E-state index in [1.807, 2.05) is 36.6 Å². The molecule has 40 heavy (non-hydrogen) atoms. The molecule has 0 spiro atoms. The summed E-state index contributed by atoms with van der Waals surface area (Å²) in [6.07, 6.45) is 8.02. The van der Waals surface area contributed by atoms with E-state index in [-0.39, 0.29) is 30.6 Å². The van der Waals surface area contributed by atoms with Crippen LogP contribution in [-0.4, -0.2) is 55.2 Å². The van der Waals surface area contributed by atoms with Gasteiger partial charge in [-0.1, -0.05) is 30.4 Å². The number of phosphoric acid groups is 1. The van der Waals surface area contributed by atoms with Crippen molar-refractivity contribution in [1.29, 1.82) is 0 Å². The molecule has 5 rings (SSSR count). The first-order valence-electron chi connectivity index (χ1n) is 13.3. The van der Waals surface area contributed by atoms with Crippen molar-refractivity contribution < 1.29 is 28.1 Å². The number of phosphoric ester groups is 1. The van der Waals surface area contributed by atoms with Crippen LogP contribution in [0.2, 0.25) is 0 Å². The van der Waals surface area contributed by atoms with Crippen LogP contribution in [-0.2, 0) is 23.2 Å². The molecule has 4 N–H and O–H groups in total. The second-order valence-corrected chi connectivity index (χ2v) is 11.7. The summed E-state index contributed by atoms with van der Waals surface area (Å²) in [7, 11) is -4.69. The summed E-state index contributed by atoms with van der Waals surface area (Å²) in [5.74, 6) is -0.381. The van der Waals surface area contributed by atoms with Crippen molar-refractivity contribution in [2.45, 2.75) is 64.3 Å². The van der Waals surface area contributed by atoms with Gasteiger partial charge in [0.25, 0.3) is 0 Å². The van der Waals surface area contributed by atoms with Gasteiger partial charge in [0.05, 0.1) is 30.8 Å². The van der Waals surface area contributed by atoms with Gasteiger partial charge in [-0.3, -0.25) is 14.3 Å². The molecule has 2 heterocycles.